The van der Waals surface area contributed by atoms with E-state index in [0.717, 1.165) is 25.7 Å². The van der Waals surface area contributed by atoms with Gasteiger partial charge in [0.2, 0.25) is 0 Å². The molecule has 0 aromatic heterocycles. The van der Waals surface area contributed by atoms with Crippen LogP contribution in [0.5, 0.6) is 0 Å². The second-order valence-corrected chi connectivity index (χ2v) is 2.06. The average Bonchev–Trinajstić information content (AvgIpc) is 2.20. The Labute approximate surface area is 55.9 Å². The van der Waals surface area contributed by atoms with Crippen LogP contribution in [0.3, 0.4) is 0 Å². The number of aliphatic hydroxyl groups excluding tert-OH is 1. The van der Waals surface area contributed by atoms with Gasteiger partial charge in [0.25, 0.3) is 0 Å². The summed E-state index contributed by atoms with van der Waals surface area (Å²) < 4.78 is 0. The van der Waals surface area contributed by atoms with E-state index in [1.807, 2.05) is 0 Å². The third-order valence-corrected chi connectivity index (χ3v) is 1.16. The van der Waals surface area contributed by atoms with E-state index in [1.54, 1.807) is 6.92 Å². The standard InChI is InChI=1S/C5H8O.C2H6O/c6-5-3-1-2-4-5;1-2-3/h1-4H2;3H,2H2,1H3. The number of aliphatic hydroxyl groups is 1. The van der Waals surface area contributed by atoms with Crippen LogP contribution in [0.15, 0.2) is 0 Å². The lowest BCUT2D eigenvalue weighted by Gasteiger charge is -1.71. The van der Waals surface area contributed by atoms with Gasteiger partial charge in [-0.05, 0) is 19.8 Å². The van der Waals surface area contributed by atoms with Crippen molar-refractivity contribution >= 4 is 5.78 Å². The van der Waals surface area contributed by atoms with Crippen LogP contribution in [0.4, 0.5) is 0 Å². The van der Waals surface area contributed by atoms with Crippen molar-refractivity contribution in [2.45, 2.75) is 32.6 Å². The molecule has 54 valence electrons. The molecule has 2 heteroatoms. The predicted molar refractivity (Wildman–Crippen MR) is 36.2 cm³/mol. The van der Waals surface area contributed by atoms with Crippen molar-refractivity contribution in [2.24, 2.45) is 0 Å². The maximum atomic E-state index is 10.2. The molecule has 0 aromatic rings. The van der Waals surface area contributed by atoms with Crippen LogP contribution in [-0.4, -0.2) is 17.5 Å². The fraction of sp³-hybridized carbons (Fsp3) is 0.857. The number of hydrogen-bond acceptors (Lipinski definition) is 2. The molecule has 0 saturated heterocycles. The molecule has 0 aromatic carbocycles. The lowest BCUT2D eigenvalue weighted by Crippen LogP contribution is -1.81. The molecular formula is C7H14O2. The Bertz CT molecular complexity index is 71.0. The first-order chi connectivity index (χ1) is 4.31. The summed E-state index contributed by atoms with van der Waals surface area (Å²) in [6, 6.07) is 0. The van der Waals surface area contributed by atoms with Gasteiger partial charge < -0.3 is 5.11 Å². The molecule has 0 radical (unpaired) electrons. The molecule has 0 heterocycles. The zero-order valence-corrected chi connectivity index (χ0v) is 5.89. The van der Waals surface area contributed by atoms with E-state index in [1.165, 1.54) is 0 Å². The normalized spacial score (nSPS) is 16.9. The van der Waals surface area contributed by atoms with Crippen molar-refractivity contribution in [1.82, 2.24) is 0 Å². The molecule has 0 atom stereocenters. The van der Waals surface area contributed by atoms with Gasteiger partial charge in [-0.2, -0.15) is 0 Å². The van der Waals surface area contributed by atoms with Crippen molar-refractivity contribution in [3.8, 4) is 0 Å². The molecule has 1 saturated carbocycles. The minimum Gasteiger partial charge on any atom is -0.397 e. The van der Waals surface area contributed by atoms with E-state index >= 15 is 0 Å². The Morgan fingerprint density at radius 2 is 1.78 bits per heavy atom. The number of rotatable bonds is 0. The molecular weight excluding hydrogens is 116 g/mol. The van der Waals surface area contributed by atoms with Crippen LogP contribution in [0.25, 0.3) is 0 Å². The number of carbonyl (C=O) groups excluding carboxylic acids is 1. The molecule has 1 rings (SSSR count). The molecule has 0 spiro atoms. The smallest absolute Gasteiger partial charge is 0.132 e. The van der Waals surface area contributed by atoms with Crippen LogP contribution in [0.2, 0.25) is 0 Å². The third-order valence-electron chi connectivity index (χ3n) is 1.16. The van der Waals surface area contributed by atoms with Gasteiger partial charge in [0.15, 0.2) is 0 Å². The van der Waals surface area contributed by atoms with Crippen LogP contribution < -0.4 is 0 Å². The van der Waals surface area contributed by atoms with Gasteiger partial charge in [-0.25, -0.2) is 0 Å². The molecule has 9 heavy (non-hydrogen) atoms. The maximum absolute atomic E-state index is 10.2. The molecule has 0 bridgehead atoms. The van der Waals surface area contributed by atoms with Crippen molar-refractivity contribution in [3.63, 3.8) is 0 Å². The predicted octanol–water partition coefficient (Wildman–Crippen LogP) is 1.13. The zero-order chi connectivity index (χ0) is 7.11. The number of carbonyl (C=O) groups is 1. The van der Waals surface area contributed by atoms with Crippen molar-refractivity contribution in [1.29, 1.82) is 0 Å². The lowest BCUT2D eigenvalue weighted by molar-refractivity contribution is -0.117. The molecule has 2 nitrogen and oxygen atoms in total. The monoisotopic (exact) mass is 130 g/mol. The third kappa shape index (κ3) is 5.50. The van der Waals surface area contributed by atoms with Gasteiger partial charge in [0, 0.05) is 19.4 Å². The summed E-state index contributed by atoms with van der Waals surface area (Å²) in [4.78, 5) is 10.2. The Morgan fingerprint density at radius 3 is 1.89 bits per heavy atom. The molecule has 1 N–H and O–H groups in total. The molecule has 0 aliphatic heterocycles. The van der Waals surface area contributed by atoms with Crippen LogP contribution in [0.1, 0.15) is 32.6 Å². The fourth-order valence-electron chi connectivity index (χ4n) is 0.769. The van der Waals surface area contributed by atoms with Crippen LogP contribution in [-0.2, 0) is 4.79 Å². The first-order valence-electron chi connectivity index (χ1n) is 3.43. The van der Waals surface area contributed by atoms with Gasteiger partial charge in [0.1, 0.15) is 5.78 Å². The zero-order valence-electron chi connectivity index (χ0n) is 5.89. The number of hydrogen-bond donors (Lipinski definition) is 1. The summed E-state index contributed by atoms with van der Waals surface area (Å²) in [5.74, 6) is 0.454. The van der Waals surface area contributed by atoms with E-state index in [9.17, 15) is 4.79 Å². The highest BCUT2D eigenvalue weighted by Gasteiger charge is 2.07. The Kier molecular flexibility index (Phi) is 5.52. The Balaban J connectivity index is 0.000000187. The van der Waals surface area contributed by atoms with Gasteiger partial charge >= 0.3 is 0 Å². The van der Waals surface area contributed by atoms with E-state index < -0.39 is 0 Å². The molecule has 0 unspecified atom stereocenters. The second kappa shape index (κ2) is 5.76. The van der Waals surface area contributed by atoms with Crippen LogP contribution >= 0.6 is 0 Å². The molecule has 1 aliphatic carbocycles. The molecule has 1 aliphatic rings. The quantitative estimate of drug-likeness (QED) is 0.533. The van der Waals surface area contributed by atoms with Crippen molar-refractivity contribution in [2.75, 3.05) is 6.61 Å². The summed E-state index contributed by atoms with van der Waals surface area (Å²) in [7, 11) is 0. The van der Waals surface area contributed by atoms with E-state index in [0.29, 0.717) is 5.78 Å². The summed E-state index contributed by atoms with van der Waals surface area (Å²) >= 11 is 0. The highest BCUT2D eigenvalue weighted by atomic mass is 16.2. The molecule has 0 amide bonds. The fourth-order valence-corrected chi connectivity index (χ4v) is 0.769. The lowest BCUT2D eigenvalue weighted by atomic mass is 10.4. The first-order valence-corrected chi connectivity index (χ1v) is 3.43. The average molecular weight is 130 g/mol. The Morgan fingerprint density at radius 1 is 1.44 bits per heavy atom. The van der Waals surface area contributed by atoms with Gasteiger partial charge in [-0.3, -0.25) is 4.79 Å². The summed E-state index contributed by atoms with van der Waals surface area (Å²) in [6.07, 6.45) is 3.97. The van der Waals surface area contributed by atoms with Gasteiger partial charge in [-0.15, -0.1) is 0 Å². The van der Waals surface area contributed by atoms with Crippen LogP contribution in [0, 0.1) is 0 Å². The Hall–Kier alpha value is -0.370. The number of ketones is 1. The van der Waals surface area contributed by atoms with E-state index in [2.05, 4.69) is 0 Å². The van der Waals surface area contributed by atoms with E-state index in [-0.39, 0.29) is 6.61 Å². The van der Waals surface area contributed by atoms with Crippen molar-refractivity contribution in [3.05, 3.63) is 0 Å². The van der Waals surface area contributed by atoms with Crippen molar-refractivity contribution < 1.29 is 9.90 Å². The minimum atomic E-state index is 0.250. The second-order valence-electron chi connectivity index (χ2n) is 2.06. The summed E-state index contributed by atoms with van der Waals surface area (Å²) in [6.45, 7) is 1.93. The SMILES string of the molecule is CCO.O=C1CCCC1. The highest BCUT2D eigenvalue weighted by molar-refractivity contribution is 5.79. The minimum absolute atomic E-state index is 0.250. The van der Waals surface area contributed by atoms with Gasteiger partial charge in [0.05, 0.1) is 0 Å². The topological polar surface area (TPSA) is 37.3 Å². The largest absolute Gasteiger partial charge is 0.397 e. The highest BCUT2D eigenvalue weighted by Crippen LogP contribution is 2.11. The number of Topliss-reactive ketones (excluding diaryl/α,β-unsaturated/α-hetero) is 1. The summed E-state index contributed by atoms with van der Waals surface area (Å²) in [5.41, 5.74) is 0. The maximum Gasteiger partial charge on any atom is 0.132 e. The van der Waals surface area contributed by atoms with E-state index in [4.69, 9.17) is 5.11 Å². The first kappa shape index (κ1) is 8.63. The summed E-state index contributed by atoms with van der Waals surface area (Å²) in [5, 5.41) is 7.57. The molecule has 1 fully saturated rings. The van der Waals surface area contributed by atoms with Gasteiger partial charge in [-0.1, -0.05) is 0 Å².